The van der Waals surface area contributed by atoms with Gasteiger partial charge in [0.05, 0.1) is 5.69 Å². The third kappa shape index (κ3) is 4.14. The lowest BCUT2D eigenvalue weighted by Gasteiger charge is -2.15. The highest BCUT2D eigenvalue weighted by atomic mass is 16.7. The van der Waals surface area contributed by atoms with Gasteiger partial charge in [-0.15, -0.1) is 0 Å². The number of fused-ring (bicyclic) bond motifs is 1. The predicted octanol–water partition coefficient (Wildman–Crippen LogP) is 4.47. The highest BCUT2D eigenvalue weighted by Crippen LogP contribution is 2.38. The minimum absolute atomic E-state index is 0.294. The van der Waals surface area contributed by atoms with Gasteiger partial charge in [0, 0.05) is 18.8 Å². The van der Waals surface area contributed by atoms with E-state index in [0.717, 1.165) is 30.2 Å². The zero-order valence-electron chi connectivity index (χ0n) is 14.9. The van der Waals surface area contributed by atoms with Gasteiger partial charge in [0.25, 0.3) is 0 Å². The molecule has 4 rings (SSSR count). The lowest BCUT2D eigenvalue weighted by atomic mass is 10.1. The van der Waals surface area contributed by atoms with Crippen LogP contribution in [0.5, 0.6) is 11.5 Å². The molecule has 0 radical (unpaired) electrons. The zero-order valence-corrected chi connectivity index (χ0v) is 14.9. The summed E-state index contributed by atoms with van der Waals surface area (Å²) in [5.74, 6) is 1.62. The van der Waals surface area contributed by atoms with Gasteiger partial charge in [0.15, 0.2) is 11.5 Å². The van der Waals surface area contributed by atoms with Crippen LogP contribution in [0.1, 0.15) is 24.0 Å². The Kier molecular flexibility index (Phi) is 5.31. The predicted molar refractivity (Wildman–Crippen MR) is 106 cm³/mol. The molecule has 1 saturated heterocycles. The molecule has 2 aliphatic heterocycles. The van der Waals surface area contributed by atoms with Gasteiger partial charge in [-0.3, -0.25) is 4.99 Å². The van der Waals surface area contributed by atoms with Gasteiger partial charge >= 0.3 is 0 Å². The van der Waals surface area contributed by atoms with Crippen molar-refractivity contribution in [2.45, 2.75) is 19.3 Å². The SMILES string of the molecule is C(/C=C/c1ccccc1)=Nc1cc2c(cc1CCN1CCCC1)OCO2. The second kappa shape index (κ2) is 8.19. The summed E-state index contributed by atoms with van der Waals surface area (Å²) in [4.78, 5) is 7.20. The molecule has 0 unspecified atom stereocenters. The van der Waals surface area contributed by atoms with E-state index in [4.69, 9.17) is 9.47 Å². The fourth-order valence-corrected chi connectivity index (χ4v) is 3.42. The average molecular weight is 348 g/mol. The third-order valence-electron chi connectivity index (χ3n) is 4.86. The monoisotopic (exact) mass is 348 g/mol. The molecule has 4 heteroatoms. The van der Waals surface area contributed by atoms with Crippen molar-refractivity contribution < 1.29 is 9.47 Å². The number of rotatable bonds is 6. The molecule has 0 amide bonds. The Bertz CT molecular complexity index is 793. The van der Waals surface area contributed by atoms with E-state index in [1.165, 1.54) is 37.1 Å². The summed E-state index contributed by atoms with van der Waals surface area (Å²) in [5.41, 5.74) is 3.34. The summed E-state index contributed by atoms with van der Waals surface area (Å²) in [7, 11) is 0. The first-order chi connectivity index (χ1) is 12.9. The number of allylic oxidation sites excluding steroid dienone is 1. The number of hydrogen-bond donors (Lipinski definition) is 0. The van der Waals surface area contributed by atoms with Gasteiger partial charge in [-0.1, -0.05) is 36.4 Å². The number of likely N-dealkylation sites (tertiary alicyclic amines) is 1. The molecule has 0 bridgehead atoms. The van der Waals surface area contributed by atoms with Crippen molar-refractivity contribution in [1.82, 2.24) is 4.90 Å². The number of nitrogens with zero attached hydrogens (tertiary/aromatic N) is 2. The molecule has 26 heavy (non-hydrogen) atoms. The topological polar surface area (TPSA) is 34.1 Å². The summed E-state index contributed by atoms with van der Waals surface area (Å²) < 4.78 is 11.1. The molecular formula is C22H24N2O2. The van der Waals surface area contributed by atoms with Crippen molar-refractivity contribution in [2.75, 3.05) is 26.4 Å². The molecule has 4 nitrogen and oxygen atoms in total. The van der Waals surface area contributed by atoms with Crippen LogP contribution in [-0.4, -0.2) is 37.5 Å². The minimum Gasteiger partial charge on any atom is -0.454 e. The molecule has 0 aromatic heterocycles. The molecule has 2 heterocycles. The van der Waals surface area contributed by atoms with Crippen LogP contribution in [-0.2, 0) is 6.42 Å². The van der Waals surface area contributed by atoms with E-state index in [-0.39, 0.29) is 0 Å². The van der Waals surface area contributed by atoms with Crippen molar-refractivity contribution in [2.24, 2.45) is 4.99 Å². The Labute approximate surface area is 154 Å². The van der Waals surface area contributed by atoms with E-state index in [1.54, 1.807) is 0 Å². The second-order valence-corrected chi connectivity index (χ2v) is 6.68. The maximum Gasteiger partial charge on any atom is 0.231 e. The molecule has 2 aromatic rings. The average Bonchev–Trinajstić information content (AvgIpc) is 3.35. The molecule has 0 spiro atoms. The number of ether oxygens (including phenoxy) is 2. The summed E-state index contributed by atoms with van der Waals surface area (Å²) in [6.07, 6.45) is 9.49. The number of hydrogen-bond acceptors (Lipinski definition) is 4. The Morgan fingerprint density at radius 3 is 2.58 bits per heavy atom. The highest BCUT2D eigenvalue weighted by Gasteiger charge is 2.18. The van der Waals surface area contributed by atoms with E-state index in [0.29, 0.717) is 6.79 Å². The van der Waals surface area contributed by atoms with Crippen molar-refractivity contribution in [1.29, 1.82) is 0 Å². The standard InChI is InChI=1S/C22H24N2O2/c1-2-7-18(8-3-1)9-6-11-23-20-16-22-21(25-17-26-22)15-19(20)10-14-24-12-4-5-13-24/h1-3,6-9,11,15-16H,4-5,10,12-14,17H2/b9-6+,23-11?. The first-order valence-electron chi connectivity index (χ1n) is 9.29. The Morgan fingerprint density at radius 2 is 1.77 bits per heavy atom. The third-order valence-corrected chi connectivity index (χ3v) is 4.86. The van der Waals surface area contributed by atoms with Crippen LogP contribution in [0.2, 0.25) is 0 Å². The normalized spacial score (nSPS) is 16.9. The van der Waals surface area contributed by atoms with E-state index in [1.807, 2.05) is 36.6 Å². The molecular weight excluding hydrogens is 324 g/mol. The van der Waals surface area contributed by atoms with Crippen molar-refractivity contribution >= 4 is 18.0 Å². The number of benzene rings is 2. The van der Waals surface area contributed by atoms with Crippen LogP contribution < -0.4 is 9.47 Å². The van der Waals surface area contributed by atoms with Gasteiger partial charge in [-0.05, 0) is 55.6 Å². The summed E-state index contributed by atoms with van der Waals surface area (Å²) in [5, 5.41) is 0. The minimum atomic E-state index is 0.294. The van der Waals surface area contributed by atoms with Crippen molar-refractivity contribution in [3.05, 3.63) is 59.7 Å². The molecule has 2 aromatic carbocycles. The molecule has 134 valence electrons. The second-order valence-electron chi connectivity index (χ2n) is 6.68. The molecule has 0 atom stereocenters. The van der Waals surface area contributed by atoms with Gasteiger partial charge < -0.3 is 14.4 Å². The van der Waals surface area contributed by atoms with E-state index in [9.17, 15) is 0 Å². The first kappa shape index (κ1) is 16.9. The van der Waals surface area contributed by atoms with Crippen molar-refractivity contribution in [3.8, 4) is 11.5 Å². The number of aliphatic imine (C=N–C) groups is 1. The van der Waals surface area contributed by atoms with Crippen LogP contribution in [0.3, 0.4) is 0 Å². The summed E-state index contributed by atoms with van der Waals surface area (Å²) in [6, 6.07) is 14.3. The van der Waals surface area contributed by atoms with Crippen LogP contribution in [0, 0.1) is 0 Å². The van der Waals surface area contributed by atoms with Crippen LogP contribution in [0.4, 0.5) is 5.69 Å². The quantitative estimate of drug-likeness (QED) is 0.722. The fraction of sp³-hybridized carbons (Fsp3) is 0.318. The van der Waals surface area contributed by atoms with Gasteiger partial charge in [0.2, 0.25) is 6.79 Å². The van der Waals surface area contributed by atoms with Crippen LogP contribution in [0.25, 0.3) is 6.08 Å². The van der Waals surface area contributed by atoms with Gasteiger partial charge in [-0.2, -0.15) is 0 Å². The zero-order chi connectivity index (χ0) is 17.6. The van der Waals surface area contributed by atoms with Gasteiger partial charge in [0.1, 0.15) is 0 Å². The lowest BCUT2D eigenvalue weighted by Crippen LogP contribution is -2.21. The summed E-state index contributed by atoms with van der Waals surface area (Å²) >= 11 is 0. The van der Waals surface area contributed by atoms with Crippen LogP contribution in [0.15, 0.2) is 53.5 Å². The largest absolute Gasteiger partial charge is 0.454 e. The molecule has 0 aliphatic carbocycles. The maximum absolute atomic E-state index is 5.55. The smallest absolute Gasteiger partial charge is 0.231 e. The molecule has 0 saturated carbocycles. The molecule has 0 N–H and O–H groups in total. The van der Waals surface area contributed by atoms with Crippen LogP contribution >= 0.6 is 0 Å². The summed E-state index contributed by atoms with van der Waals surface area (Å²) in [6.45, 7) is 3.79. The van der Waals surface area contributed by atoms with E-state index < -0.39 is 0 Å². The Balaban J connectivity index is 1.49. The lowest BCUT2D eigenvalue weighted by molar-refractivity contribution is 0.174. The van der Waals surface area contributed by atoms with Gasteiger partial charge in [-0.25, -0.2) is 0 Å². The first-order valence-corrected chi connectivity index (χ1v) is 9.29. The highest BCUT2D eigenvalue weighted by molar-refractivity contribution is 5.81. The fourth-order valence-electron chi connectivity index (χ4n) is 3.42. The van der Waals surface area contributed by atoms with E-state index in [2.05, 4.69) is 34.2 Å². The van der Waals surface area contributed by atoms with E-state index >= 15 is 0 Å². The maximum atomic E-state index is 5.55. The Morgan fingerprint density at radius 1 is 1.00 bits per heavy atom. The molecule has 1 fully saturated rings. The Hall–Kier alpha value is -2.59. The molecule has 2 aliphatic rings. The van der Waals surface area contributed by atoms with Crippen molar-refractivity contribution in [3.63, 3.8) is 0 Å².